The van der Waals surface area contributed by atoms with Crippen LogP contribution in [0.4, 0.5) is 11.5 Å². The molecule has 0 bridgehead atoms. The van der Waals surface area contributed by atoms with Crippen LogP contribution >= 0.6 is 11.6 Å². The summed E-state index contributed by atoms with van der Waals surface area (Å²) in [5.74, 6) is 0.0996. The summed E-state index contributed by atoms with van der Waals surface area (Å²) in [5, 5.41) is 20.7. The number of aryl methyl sites for hydroxylation is 1. The Morgan fingerprint density at radius 1 is 1.50 bits per heavy atom. The highest BCUT2D eigenvalue weighted by Gasteiger charge is 2.20. The molecule has 2 N–H and O–H groups in total. The molecule has 0 aliphatic heterocycles. The first-order valence-corrected chi connectivity index (χ1v) is 6.91. The first-order valence-electron chi connectivity index (χ1n) is 6.54. The second-order valence-electron chi connectivity index (χ2n) is 4.71. The largest absolute Gasteiger partial charge is 0.383 e. The van der Waals surface area contributed by atoms with Crippen molar-refractivity contribution in [2.45, 2.75) is 20.3 Å². The third-order valence-corrected chi connectivity index (χ3v) is 3.78. The van der Waals surface area contributed by atoms with Gasteiger partial charge in [-0.1, -0.05) is 18.5 Å². The lowest BCUT2D eigenvalue weighted by Gasteiger charge is -2.15. The lowest BCUT2D eigenvalue weighted by Crippen LogP contribution is -2.05. The smallest absolute Gasteiger partial charge is 0.270 e. The maximum absolute atomic E-state index is 11.0. The molecule has 22 heavy (non-hydrogen) atoms. The summed E-state index contributed by atoms with van der Waals surface area (Å²) in [4.78, 5) is 14.7. The lowest BCUT2D eigenvalue weighted by molar-refractivity contribution is -0.384. The molecule has 112 valence electrons. The van der Waals surface area contributed by atoms with Crippen molar-refractivity contribution in [1.29, 1.82) is 5.26 Å². The van der Waals surface area contributed by atoms with Crippen LogP contribution in [0.5, 0.6) is 0 Å². The minimum absolute atomic E-state index is 0.0996. The van der Waals surface area contributed by atoms with Gasteiger partial charge >= 0.3 is 0 Å². The van der Waals surface area contributed by atoms with Crippen LogP contribution in [0, 0.1) is 28.4 Å². The number of rotatable bonds is 3. The van der Waals surface area contributed by atoms with Gasteiger partial charge in [0.15, 0.2) is 0 Å². The molecular weight excluding hydrogens is 304 g/mol. The summed E-state index contributed by atoms with van der Waals surface area (Å²) in [7, 11) is 0. The molecule has 0 amide bonds. The summed E-state index contributed by atoms with van der Waals surface area (Å²) in [6.45, 7) is 3.72. The zero-order valence-electron chi connectivity index (χ0n) is 12.1. The number of nitriles is 1. The van der Waals surface area contributed by atoms with Gasteiger partial charge < -0.3 is 5.73 Å². The topological polar surface area (TPSA) is 106 Å². The third kappa shape index (κ3) is 2.59. The van der Waals surface area contributed by atoms with Gasteiger partial charge in [-0.15, -0.1) is 0 Å². The highest BCUT2D eigenvalue weighted by molar-refractivity contribution is 6.33. The molecule has 1 heterocycles. The van der Waals surface area contributed by atoms with E-state index in [1.54, 1.807) is 6.92 Å². The Bertz CT molecular complexity index is 811. The number of halogens is 1. The highest BCUT2D eigenvalue weighted by atomic mass is 35.5. The van der Waals surface area contributed by atoms with E-state index in [1.165, 1.54) is 18.2 Å². The van der Waals surface area contributed by atoms with E-state index in [0.717, 1.165) is 11.3 Å². The van der Waals surface area contributed by atoms with E-state index >= 15 is 0 Å². The minimum atomic E-state index is -0.507. The van der Waals surface area contributed by atoms with Crippen LogP contribution in [-0.4, -0.2) is 9.91 Å². The summed E-state index contributed by atoms with van der Waals surface area (Å²) < 4.78 is 0. The standard InChI is InChI=1S/C15H13ClN4O2/c1-3-13-8(2)14(11(7-17)15(18)19-13)10-6-9(20(21)22)4-5-12(10)16/h4-6H,3H2,1-2H3,(H2,18,19). The molecule has 0 saturated carbocycles. The number of hydrogen-bond donors (Lipinski definition) is 1. The number of hydrogen-bond acceptors (Lipinski definition) is 5. The summed E-state index contributed by atoms with van der Waals surface area (Å²) in [5.41, 5.74) is 8.32. The number of nitro benzene ring substituents is 1. The molecule has 2 rings (SSSR count). The molecular formula is C15H13ClN4O2. The number of non-ortho nitro benzene ring substituents is 1. The van der Waals surface area contributed by atoms with Crippen LogP contribution in [0.15, 0.2) is 18.2 Å². The Labute approximate surface area is 132 Å². The average molecular weight is 317 g/mol. The Balaban J connectivity index is 2.88. The van der Waals surface area contributed by atoms with Gasteiger partial charge in [-0.05, 0) is 25.0 Å². The Kier molecular flexibility index (Phi) is 4.29. The number of aromatic nitrogens is 1. The molecule has 7 heteroatoms. The fourth-order valence-electron chi connectivity index (χ4n) is 2.36. The van der Waals surface area contributed by atoms with Crippen molar-refractivity contribution in [3.8, 4) is 17.2 Å². The van der Waals surface area contributed by atoms with E-state index in [9.17, 15) is 15.4 Å². The predicted octanol–water partition coefficient (Wildman–Crippen LogP) is 3.63. The number of nitrogens with two attached hydrogens (primary N) is 1. The van der Waals surface area contributed by atoms with Crippen molar-refractivity contribution >= 4 is 23.1 Å². The van der Waals surface area contributed by atoms with Crippen LogP contribution in [-0.2, 0) is 6.42 Å². The molecule has 0 fully saturated rings. The Morgan fingerprint density at radius 3 is 2.73 bits per heavy atom. The van der Waals surface area contributed by atoms with Crippen LogP contribution in [0.3, 0.4) is 0 Å². The molecule has 0 unspecified atom stereocenters. The number of pyridine rings is 1. The van der Waals surface area contributed by atoms with E-state index in [1.807, 2.05) is 13.0 Å². The monoisotopic (exact) mass is 316 g/mol. The number of nitrogens with zero attached hydrogens (tertiary/aromatic N) is 3. The van der Waals surface area contributed by atoms with Crippen molar-refractivity contribution in [1.82, 2.24) is 4.98 Å². The molecule has 0 aliphatic rings. The molecule has 1 aromatic heterocycles. The van der Waals surface area contributed by atoms with E-state index in [0.29, 0.717) is 22.6 Å². The quantitative estimate of drug-likeness (QED) is 0.687. The van der Waals surface area contributed by atoms with Gasteiger partial charge in [-0.2, -0.15) is 5.26 Å². The number of benzene rings is 1. The van der Waals surface area contributed by atoms with Crippen molar-refractivity contribution < 1.29 is 4.92 Å². The molecule has 0 aliphatic carbocycles. The Morgan fingerprint density at radius 2 is 2.18 bits per heavy atom. The number of nitrogen functional groups attached to an aromatic ring is 1. The van der Waals surface area contributed by atoms with Crippen LogP contribution in [0.1, 0.15) is 23.7 Å². The van der Waals surface area contributed by atoms with Crippen molar-refractivity contribution in [2.24, 2.45) is 0 Å². The second-order valence-corrected chi connectivity index (χ2v) is 5.11. The van der Waals surface area contributed by atoms with Crippen molar-refractivity contribution in [2.75, 3.05) is 5.73 Å². The number of anilines is 1. The summed E-state index contributed by atoms with van der Waals surface area (Å²) in [6.07, 6.45) is 0.626. The van der Waals surface area contributed by atoms with Gasteiger partial charge in [-0.25, -0.2) is 4.98 Å². The van der Waals surface area contributed by atoms with Crippen LogP contribution < -0.4 is 5.73 Å². The van der Waals surface area contributed by atoms with Crippen molar-refractivity contribution in [3.05, 3.63) is 50.2 Å². The first-order chi connectivity index (χ1) is 10.4. The maximum atomic E-state index is 11.0. The molecule has 0 spiro atoms. The molecule has 0 atom stereocenters. The van der Waals surface area contributed by atoms with Gasteiger partial charge in [0.1, 0.15) is 17.5 Å². The normalized spacial score (nSPS) is 10.3. The van der Waals surface area contributed by atoms with Gasteiger partial charge in [-0.3, -0.25) is 10.1 Å². The molecule has 0 radical (unpaired) electrons. The predicted molar refractivity (Wildman–Crippen MR) is 84.6 cm³/mol. The Hall–Kier alpha value is -2.65. The first kappa shape index (κ1) is 15.7. The van der Waals surface area contributed by atoms with Gasteiger partial charge in [0.2, 0.25) is 0 Å². The van der Waals surface area contributed by atoms with Crippen LogP contribution in [0.2, 0.25) is 5.02 Å². The lowest BCUT2D eigenvalue weighted by atomic mass is 9.94. The molecule has 0 saturated heterocycles. The fraction of sp³-hybridized carbons (Fsp3) is 0.200. The van der Waals surface area contributed by atoms with E-state index in [2.05, 4.69) is 4.98 Å². The molecule has 1 aromatic carbocycles. The third-order valence-electron chi connectivity index (χ3n) is 3.45. The fourth-order valence-corrected chi connectivity index (χ4v) is 2.57. The second kappa shape index (κ2) is 6.00. The molecule has 6 nitrogen and oxygen atoms in total. The van der Waals surface area contributed by atoms with Crippen LogP contribution in [0.25, 0.3) is 11.1 Å². The van der Waals surface area contributed by atoms with E-state index < -0.39 is 4.92 Å². The summed E-state index contributed by atoms with van der Waals surface area (Å²) >= 11 is 6.19. The van der Waals surface area contributed by atoms with E-state index in [4.69, 9.17) is 17.3 Å². The van der Waals surface area contributed by atoms with Gasteiger partial charge in [0.05, 0.1) is 4.92 Å². The average Bonchev–Trinajstić information content (AvgIpc) is 2.49. The van der Waals surface area contributed by atoms with Gasteiger partial charge in [0, 0.05) is 34.0 Å². The van der Waals surface area contributed by atoms with Crippen molar-refractivity contribution in [3.63, 3.8) is 0 Å². The zero-order chi connectivity index (χ0) is 16.4. The minimum Gasteiger partial charge on any atom is -0.383 e. The summed E-state index contributed by atoms with van der Waals surface area (Å²) in [6, 6.07) is 6.13. The van der Waals surface area contributed by atoms with E-state index in [-0.39, 0.29) is 17.1 Å². The maximum Gasteiger partial charge on any atom is 0.270 e. The highest BCUT2D eigenvalue weighted by Crippen LogP contribution is 2.37. The SMILES string of the molecule is CCc1nc(N)c(C#N)c(-c2cc([N+](=O)[O-])ccc2Cl)c1C. The zero-order valence-corrected chi connectivity index (χ0v) is 12.8. The van der Waals surface area contributed by atoms with Gasteiger partial charge in [0.25, 0.3) is 5.69 Å². The molecule has 2 aromatic rings. The number of nitro groups is 1.